The number of rotatable bonds is 5. The summed E-state index contributed by atoms with van der Waals surface area (Å²) in [5, 5.41) is 10.9. The number of hydrogen-bond acceptors (Lipinski definition) is 3. The summed E-state index contributed by atoms with van der Waals surface area (Å²) in [6.45, 7) is -0.177. The molecule has 0 aromatic heterocycles. The normalized spacial score (nSPS) is 11.3. The van der Waals surface area contributed by atoms with Crippen molar-refractivity contribution in [3.05, 3.63) is 65.7 Å². The van der Waals surface area contributed by atoms with Gasteiger partial charge >= 0.3 is 0 Å². The highest BCUT2D eigenvalue weighted by atomic mass is 19.2. The zero-order valence-corrected chi connectivity index (χ0v) is 11.4. The van der Waals surface area contributed by atoms with Gasteiger partial charge in [-0.25, -0.2) is 8.78 Å². The van der Waals surface area contributed by atoms with Crippen molar-refractivity contribution < 1.29 is 18.3 Å². The van der Waals surface area contributed by atoms with Crippen molar-refractivity contribution in [2.75, 3.05) is 6.54 Å². The molecule has 6 heteroatoms. The molecule has 4 nitrogen and oxygen atoms in total. The molecule has 0 saturated carbocycles. The zero-order valence-electron chi connectivity index (χ0n) is 11.4. The molecule has 1 N–H and O–H groups in total. The Kier molecular flexibility index (Phi) is 5.04. The first-order valence-electron chi connectivity index (χ1n) is 6.43. The summed E-state index contributed by atoms with van der Waals surface area (Å²) < 4.78 is 31.6. The Bertz CT molecular complexity index is 699. The summed E-state index contributed by atoms with van der Waals surface area (Å²) in [4.78, 5) is 12.1. The molecule has 0 heterocycles. The van der Waals surface area contributed by atoms with Gasteiger partial charge in [-0.2, -0.15) is 5.26 Å². The fourth-order valence-electron chi connectivity index (χ4n) is 1.81. The van der Waals surface area contributed by atoms with E-state index in [1.54, 1.807) is 36.4 Å². The number of amides is 1. The molecule has 1 atom stereocenters. The highest BCUT2D eigenvalue weighted by molar-refractivity contribution is 5.82. The maximum atomic E-state index is 13.2. The average molecular weight is 302 g/mol. The summed E-state index contributed by atoms with van der Waals surface area (Å²) in [5.41, 5.74) is 0.530. The van der Waals surface area contributed by atoms with Gasteiger partial charge in [0, 0.05) is 11.6 Å². The Morgan fingerprint density at radius 1 is 1.18 bits per heavy atom. The van der Waals surface area contributed by atoms with Crippen molar-refractivity contribution in [2.45, 2.75) is 6.10 Å². The van der Waals surface area contributed by atoms with Crippen LogP contribution in [0.1, 0.15) is 11.7 Å². The van der Waals surface area contributed by atoms with Crippen LogP contribution in [0.5, 0.6) is 5.75 Å². The van der Waals surface area contributed by atoms with Gasteiger partial charge in [0.1, 0.15) is 12.3 Å². The van der Waals surface area contributed by atoms with Crippen molar-refractivity contribution in [3.8, 4) is 11.8 Å². The van der Waals surface area contributed by atoms with Gasteiger partial charge in [0.15, 0.2) is 11.6 Å². The molecule has 2 aromatic rings. The van der Waals surface area contributed by atoms with E-state index in [0.29, 0.717) is 5.56 Å². The lowest BCUT2D eigenvalue weighted by Gasteiger charge is -2.18. The Morgan fingerprint density at radius 3 is 2.55 bits per heavy atom. The zero-order chi connectivity index (χ0) is 15.9. The quantitative estimate of drug-likeness (QED) is 0.864. The summed E-state index contributed by atoms with van der Waals surface area (Å²) in [6, 6.07) is 13.3. The molecule has 112 valence electrons. The minimum atomic E-state index is -1.07. The van der Waals surface area contributed by atoms with E-state index < -0.39 is 23.6 Å². The fraction of sp³-hybridized carbons (Fsp3) is 0.125. The van der Waals surface area contributed by atoms with E-state index in [4.69, 9.17) is 10.00 Å². The Balaban J connectivity index is 2.26. The minimum absolute atomic E-state index is 0.0138. The number of carbonyl (C=O) groups excluding carboxylic acids is 1. The van der Waals surface area contributed by atoms with Crippen molar-refractivity contribution in [1.29, 1.82) is 5.26 Å². The lowest BCUT2D eigenvalue weighted by atomic mass is 10.1. The second-order valence-electron chi connectivity index (χ2n) is 4.36. The van der Waals surface area contributed by atoms with Gasteiger partial charge in [0.25, 0.3) is 5.91 Å². The van der Waals surface area contributed by atoms with Gasteiger partial charge in [0.05, 0.1) is 6.07 Å². The molecular weight excluding hydrogens is 290 g/mol. The van der Waals surface area contributed by atoms with Crippen LogP contribution in [-0.4, -0.2) is 12.5 Å². The molecule has 2 rings (SSSR count). The van der Waals surface area contributed by atoms with Crippen LogP contribution in [-0.2, 0) is 4.79 Å². The molecule has 0 saturated heterocycles. The lowest BCUT2D eigenvalue weighted by Crippen LogP contribution is -2.32. The number of benzene rings is 2. The van der Waals surface area contributed by atoms with Crippen LogP contribution in [0.4, 0.5) is 8.78 Å². The molecule has 2 aromatic carbocycles. The Morgan fingerprint density at radius 2 is 1.91 bits per heavy atom. The summed E-state index contributed by atoms with van der Waals surface area (Å²) in [6.07, 6.45) is -1.07. The summed E-state index contributed by atoms with van der Waals surface area (Å²) >= 11 is 0. The van der Waals surface area contributed by atoms with Crippen molar-refractivity contribution in [1.82, 2.24) is 5.32 Å². The Labute approximate surface area is 125 Å². The smallest absolute Gasteiger partial charge is 0.266 e. The third-order valence-corrected chi connectivity index (χ3v) is 2.83. The first-order valence-corrected chi connectivity index (χ1v) is 6.43. The van der Waals surface area contributed by atoms with Crippen LogP contribution < -0.4 is 10.1 Å². The van der Waals surface area contributed by atoms with E-state index in [2.05, 4.69) is 5.32 Å². The Hall–Kier alpha value is -2.94. The van der Waals surface area contributed by atoms with Crippen LogP contribution in [0.2, 0.25) is 0 Å². The molecule has 0 aliphatic rings. The van der Waals surface area contributed by atoms with Crippen LogP contribution >= 0.6 is 0 Å². The highest BCUT2D eigenvalue weighted by Gasteiger charge is 2.22. The number of nitrogens with one attached hydrogen (secondary N) is 1. The van der Waals surface area contributed by atoms with Gasteiger partial charge in [-0.15, -0.1) is 0 Å². The van der Waals surface area contributed by atoms with E-state index >= 15 is 0 Å². The van der Waals surface area contributed by atoms with E-state index in [1.165, 1.54) is 6.07 Å². The van der Waals surface area contributed by atoms with E-state index in [9.17, 15) is 13.6 Å². The molecule has 0 spiro atoms. The number of halogens is 2. The molecule has 0 fully saturated rings. The number of ether oxygens (including phenoxy) is 1. The predicted molar refractivity (Wildman–Crippen MR) is 74.8 cm³/mol. The van der Waals surface area contributed by atoms with Gasteiger partial charge < -0.3 is 10.1 Å². The van der Waals surface area contributed by atoms with Gasteiger partial charge in [0.2, 0.25) is 6.10 Å². The van der Waals surface area contributed by atoms with Gasteiger partial charge in [-0.3, -0.25) is 4.79 Å². The summed E-state index contributed by atoms with van der Waals surface area (Å²) in [7, 11) is 0. The second kappa shape index (κ2) is 7.18. The highest BCUT2D eigenvalue weighted by Crippen LogP contribution is 2.23. The maximum Gasteiger partial charge on any atom is 0.266 e. The standard InChI is InChI=1S/C16H12F2N2O2/c17-13-7-6-12(10-14(13)18)22-15(16(21)20-9-8-19)11-4-2-1-3-5-11/h1-7,10,15H,9H2,(H,20,21). The minimum Gasteiger partial charge on any atom is -0.476 e. The van der Waals surface area contributed by atoms with Crippen molar-refractivity contribution in [2.24, 2.45) is 0 Å². The topological polar surface area (TPSA) is 62.1 Å². The molecule has 0 aliphatic carbocycles. The molecule has 1 unspecified atom stereocenters. The number of nitrogens with zero attached hydrogens (tertiary/aromatic N) is 1. The molecule has 0 aliphatic heterocycles. The van der Waals surface area contributed by atoms with E-state index in [1.807, 2.05) is 0 Å². The van der Waals surface area contributed by atoms with Crippen LogP contribution in [0.25, 0.3) is 0 Å². The van der Waals surface area contributed by atoms with Crippen LogP contribution in [0, 0.1) is 23.0 Å². The molecule has 22 heavy (non-hydrogen) atoms. The largest absolute Gasteiger partial charge is 0.476 e. The molecule has 0 bridgehead atoms. The first-order chi connectivity index (χ1) is 10.6. The summed E-state index contributed by atoms with van der Waals surface area (Å²) in [5.74, 6) is -2.60. The number of nitriles is 1. The lowest BCUT2D eigenvalue weighted by molar-refractivity contribution is -0.128. The first kappa shape index (κ1) is 15.4. The van der Waals surface area contributed by atoms with Crippen molar-refractivity contribution >= 4 is 5.91 Å². The van der Waals surface area contributed by atoms with E-state index in [0.717, 1.165) is 12.1 Å². The average Bonchev–Trinajstić information content (AvgIpc) is 2.54. The van der Waals surface area contributed by atoms with E-state index in [-0.39, 0.29) is 12.3 Å². The van der Waals surface area contributed by atoms with Gasteiger partial charge in [-0.05, 0) is 12.1 Å². The maximum absolute atomic E-state index is 13.2. The molecule has 0 radical (unpaired) electrons. The van der Waals surface area contributed by atoms with Crippen LogP contribution in [0.15, 0.2) is 48.5 Å². The monoisotopic (exact) mass is 302 g/mol. The van der Waals surface area contributed by atoms with Gasteiger partial charge in [-0.1, -0.05) is 30.3 Å². The third-order valence-electron chi connectivity index (χ3n) is 2.83. The SMILES string of the molecule is N#CCNC(=O)C(Oc1ccc(F)c(F)c1)c1ccccc1. The van der Waals surface area contributed by atoms with Crippen LogP contribution in [0.3, 0.4) is 0 Å². The molecule has 1 amide bonds. The predicted octanol–water partition coefficient (Wildman–Crippen LogP) is 2.72. The number of hydrogen-bond donors (Lipinski definition) is 1. The number of carbonyl (C=O) groups is 1. The van der Waals surface area contributed by atoms with Crippen molar-refractivity contribution in [3.63, 3.8) is 0 Å². The molecular formula is C16H12F2N2O2. The third kappa shape index (κ3) is 3.79. The fourth-order valence-corrected chi connectivity index (χ4v) is 1.81. The second-order valence-corrected chi connectivity index (χ2v) is 4.36.